The summed E-state index contributed by atoms with van der Waals surface area (Å²) in [5, 5.41) is 23.9. The minimum atomic E-state index is -0.191. The third kappa shape index (κ3) is 3.51. The average molecular weight is 201 g/mol. The van der Waals surface area contributed by atoms with Gasteiger partial charge in [-0.25, -0.2) is 0 Å². The molecule has 2 atom stereocenters. The Morgan fingerprint density at radius 3 is 2.79 bits per heavy atom. The molecule has 5 nitrogen and oxygen atoms in total. The summed E-state index contributed by atoms with van der Waals surface area (Å²) in [6, 6.07) is 0. The van der Waals surface area contributed by atoms with Crippen LogP contribution in [0.1, 0.15) is 25.7 Å². The van der Waals surface area contributed by atoms with Gasteiger partial charge in [-0.15, -0.1) is 0 Å². The number of aliphatic hydroxyl groups excluding tert-OH is 1. The third-order valence-electron chi connectivity index (χ3n) is 2.71. The minimum Gasteiger partial charge on any atom is -0.409 e. The van der Waals surface area contributed by atoms with E-state index in [1.165, 1.54) is 6.42 Å². The van der Waals surface area contributed by atoms with Crippen LogP contribution >= 0.6 is 0 Å². The Labute approximate surface area is 84.0 Å². The second-order valence-electron chi connectivity index (χ2n) is 3.83. The first-order valence-electron chi connectivity index (χ1n) is 5.09. The van der Waals surface area contributed by atoms with Crippen molar-refractivity contribution in [3.63, 3.8) is 0 Å². The van der Waals surface area contributed by atoms with E-state index >= 15 is 0 Å². The van der Waals surface area contributed by atoms with Crippen molar-refractivity contribution >= 4 is 5.84 Å². The normalized spacial score (nSPS) is 29.1. The highest BCUT2D eigenvalue weighted by atomic mass is 16.4. The van der Waals surface area contributed by atoms with Crippen molar-refractivity contribution in [1.82, 2.24) is 5.32 Å². The predicted octanol–water partition coefficient (Wildman–Crippen LogP) is -0.126. The van der Waals surface area contributed by atoms with Gasteiger partial charge in [-0.3, -0.25) is 0 Å². The standard InChI is InChI=1S/C9H19N3O2/c10-9(12-14)6-11-5-7-3-1-2-4-8(7)13/h7-8,11,13-14H,1-6H2,(H2,10,12). The van der Waals surface area contributed by atoms with Crippen LogP contribution in [0, 0.1) is 5.92 Å². The van der Waals surface area contributed by atoms with Gasteiger partial charge in [-0.2, -0.15) is 0 Å². The lowest BCUT2D eigenvalue weighted by Crippen LogP contribution is -2.37. The molecule has 0 aromatic carbocycles. The molecule has 1 saturated carbocycles. The van der Waals surface area contributed by atoms with Crippen molar-refractivity contribution in [2.24, 2.45) is 16.8 Å². The monoisotopic (exact) mass is 201 g/mol. The smallest absolute Gasteiger partial charge is 0.153 e. The molecule has 0 aromatic heterocycles. The van der Waals surface area contributed by atoms with Crippen molar-refractivity contribution in [3.8, 4) is 0 Å². The van der Waals surface area contributed by atoms with Crippen LogP contribution in [0.15, 0.2) is 5.16 Å². The lowest BCUT2D eigenvalue weighted by molar-refractivity contribution is 0.0703. The van der Waals surface area contributed by atoms with E-state index in [2.05, 4.69) is 10.5 Å². The fourth-order valence-electron chi connectivity index (χ4n) is 1.85. The number of hydrogen-bond donors (Lipinski definition) is 4. The predicted molar refractivity (Wildman–Crippen MR) is 54.2 cm³/mol. The molecule has 0 bridgehead atoms. The molecule has 0 heterocycles. The molecular weight excluding hydrogens is 182 g/mol. The summed E-state index contributed by atoms with van der Waals surface area (Å²) in [6.07, 6.45) is 4.08. The second-order valence-corrected chi connectivity index (χ2v) is 3.83. The number of amidine groups is 1. The number of aliphatic hydroxyl groups is 1. The Morgan fingerprint density at radius 2 is 2.14 bits per heavy atom. The van der Waals surface area contributed by atoms with E-state index in [9.17, 15) is 5.11 Å². The van der Waals surface area contributed by atoms with Gasteiger partial charge >= 0.3 is 0 Å². The molecule has 0 saturated heterocycles. The largest absolute Gasteiger partial charge is 0.409 e. The van der Waals surface area contributed by atoms with E-state index in [0.717, 1.165) is 25.8 Å². The molecular formula is C9H19N3O2. The Morgan fingerprint density at radius 1 is 1.43 bits per heavy atom. The highest BCUT2D eigenvalue weighted by Crippen LogP contribution is 2.23. The van der Waals surface area contributed by atoms with E-state index < -0.39 is 0 Å². The van der Waals surface area contributed by atoms with Crippen molar-refractivity contribution in [2.45, 2.75) is 31.8 Å². The third-order valence-corrected chi connectivity index (χ3v) is 2.71. The van der Waals surface area contributed by atoms with Gasteiger partial charge in [0.1, 0.15) is 0 Å². The van der Waals surface area contributed by atoms with Crippen LogP contribution in [0.5, 0.6) is 0 Å². The number of oxime groups is 1. The molecule has 0 spiro atoms. The molecule has 14 heavy (non-hydrogen) atoms. The topological polar surface area (TPSA) is 90.9 Å². The maximum atomic E-state index is 9.64. The molecule has 0 radical (unpaired) electrons. The zero-order chi connectivity index (χ0) is 10.4. The van der Waals surface area contributed by atoms with Gasteiger partial charge < -0.3 is 21.4 Å². The van der Waals surface area contributed by atoms with Gasteiger partial charge in [0.2, 0.25) is 0 Å². The highest BCUT2D eigenvalue weighted by Gasteiger charge is 2.22. The van der Waals surface area contributed by atoms with E-state index in [-0.39, 0.29) is 11.9 Å². The van der Waals surface area contributed by atoms with Crippen LogP contribution in [0.25, 0.3) is 0 Å². The van der Waals surface area contributed by atoms with Crippen LogP contribution in [0.4, 0.5) is 0 Å². The van der Waals surface area contributed by atoms with Crippen LogP contribution in [0.3, 0.4) is 0 Å². The number of hydrogen-bond acceptors (Lipinski definition) is 4. The molecule has 0 amide bonds. The first-order valence-corrected chi connectivity index (χ1v) is 5.09. The van der Waals surface area contributed by atoms with Crippen LogP contribution in [-0.2, 0) is 0 Å². The van der Waals surface area contributed by atoms with Crippen LogP contribution < -0.4 is 11.1 Å². The SMILES string of the molecule is NC(CNCC1CCCCC1O)=NO. The van der Waals surface area contributed by atoms with Crippen molar-refractivity contribution in [2.75, 3.05) is 13.1 Å². The summed E-state index contributed by atoms with van der Waals surface area (Å²) in [5.41, 5.74) is 5.30. The molecule has 5 N–H and O–H groups in total. The zero-order valence-electron chi connectivity index (χ0n) is 8.32. The van der Waals surface area contributed by atoms with Gasteiger partial charge in [0.05, 0.1) is 12.6 Å². The summed E-state index contributed by atoms with van der Waals surface area (Å²) >= 11 is 0. The quantitative estimate of drug-likeness (QED) is 0.221. The first-order chi connectivity index (χ1) is 6.74. The number of nitrogens with zero attached hydrogens (tertiary/aromatic N) is 1. The van der Waals surface area contributed by atoms with E-state index in [1.807, 2.05) is 0 Å². The van der Waals surface area contributed by atoms with E-state index in [0.29, 0.717) is 12.5 Å². The first kappa shape index (κ1) is 11.3. The summed E-state index contributed by atoms with van der Waals surface area (Å²) < 4.78 is 0. The van der Waals surface area contributed by atoms with Crippen molar-refractivity contribution in [1.29, 1.82) is 0 Å². The Hall–Kier alpha value is -0.810. The Bertz CT molecular complexity index is 196. The molecule has 2 unspecified atom stereocenters. The van der Waals surface area contributed by atoms with E-state index in [1.54, 1.807) is 0 Å². The maximum Gasteiger partial charge on any atom is 0.153 e. The number of nitrogens with two attached hydrogens (primary N) is 1. The molecule has 1 aliphatic carbocycles. The molecule has 0 aromatic rings. The van der Waals surface area contributed by atoms with Crippen LogP contribution in [0.2, 0.25) is 0 Å². The summed E-state index contributed by atoms with van der Waals surface area (Å²) in [5.74, 6) is 0.491. The molecule has 82 valence electrons. The van der Waals surface area contributed by atoms with Gasteiger partial charge in [0.25, 0.3) is 0 Å². The second kappa shape index (κ2) is 5.82. The summed E-state index contributed by atoms with van der Waals surface area (Å²) in [7, 11) is 0. The van der Waals surface area contributed by atoms with Gasteiger partial charge in [-0.1, -0.05) is 18.0 Å². The van der Waals surface area contributed by atoms with Gasteiger partial charge in [0, 0.05) is 6.54 Å². The van der Waals surface area contributed by atoms with Gasteiger partial charge in [0.15, 0.2) is 5.84 Å². The van der Waals surface area contributed by atoms with Gasteiger partial charge in [-0.05, 0) is 18.8 Å². The summed E-state index contributed by atoms with van der Waals surface area (Å²) in [4.78, 5) is 0. The minimum absolute atomic E-state index is 0.176. The van der Waals surface area contributed by atoms with Crippen molar-refractivity contribution in [3.05, 3.63) is 0 Å². The zero-order valence-corrected chi connectivity index (χ0v) is 8.32. The summed E-state index contributed by atoms with van der Waals surface area (Å²) in [6.45, 7) is 1.11. The molecule has 1 rings (SSSR count). The number of rotatable bonds is 4. The fraction of sp³-hybridized carbons (Fsp3) is 0.889. The molecule has 1 fully saturated rings. The lowest BCUT2D eigenvalue weighted by Gasteiger charge is -2.27. The Kier molecular flexibility index (Phi) is 4.69. The molecule has 1 aliphatic rings. The van der Waals surface area contributed by atoms with Crippen LogP contribution in [-0.4, -0.2) is 35.3 Å². The number of nitrogens with one attached hydrogen (secondary N) is 1. The molecule has 5 heteroatoms. The molecule has 0 aliphatic heterocycles. The average Bonchev–Trinajstić information content (AvgIpc) is 2.20. The maximum absolute atomic E-state index is 9.64. The lowest BCUT2D eigenvalue weighted by atomic mass is 9.86. The van der Waals surface area contributed by atoms with E-state index in [4.69, 9.17) is 10.9 Å². The Balaban J connectivity index is 2.16. The van der Waals surface area contributed by atoms with Crippen molar-refractivity contribution < 1.29 is 10.3 Å². The highest BCUT2D eigenvalue weighted by molar-refractivity contribution is 5.81. The fourth-order valence-corrected chi connectivity index (χ4v) is 1.85.